The Balaban J connectivity index is 1.38. The lowest BCUT2D eigenvalue weighted by Crippen LogP contribution is -2.42. The van der Waals surface area contributed by atoms with Gasteiger partial charge < -0.3 is 19.7 Å². The minimum atomic E-state index is -0.468. The fourth-order valence-electron chi connectivity index (χ4n) is 4.06. The predicted molar refractivity (Wildman–Crippen MR) is 100 cm³/mol. The van der Waals surface area contributed by atoms with Gasteiger partial charge in [0.1, 0.15) is 0 Å². The van der Waals surface area contributed by atoms with Crippen molar-refractivity contribution in [3.05, 3.63) is 41.7 Å². The molecule has 0 amide bonds. The number of rotatable bonds is 6. The van der Waals surface area contributed by atoms with Crippen molar-refractivity contribution in [1.82, 2.24) is 20.4 Å². The summed E-state index contributed by atoms with van der Waals surface area (Å²) in [5, 5.41) is 10.8. The van der Waals surface area contributed by atoms with E-state index >= 15 is 0 Å². The number of hydrogen-bond acceptors (Lipinski definition) is 5. The first kappa shape index (κ1) is 17.4. The Morgan fingerprint density at radius 2 is 1.92 bits per heavy atom. The van der Waals surface area contributed by atoms with Gasteiger partial charge in [-0.05, 0) is 39.1 Å². The lowest BCUT2D eigenvalue weighted by molar-refractivity contribution is -0.108. The third-order valence-corrected chi connectivity index (χ3v) is 5.53. The van der Waals surface area contributed by atoms with Gasteiger partial charge in [0.2, 0.25) is 0 Å². The fraction of sp³-hybridized carbons (Fsp3) is 0.550. The molecule has 140 valence electrons. The molecule has 0 atom stereocenters. The summed E-state index contributed by atoms with van der Waals surface area (Å²) in [5.41, 5.74) is 2.59. The van der Waals surface area contributed by atoms with Gasteiger partial charge in [0.25, 0.3) is 5.79 Å². The first-order chi connectivity index (χ1) is 12.7. The third-order valence-electron chi connectivity index (χ3n) is 5.53. The molecule has 1 fully saturated rings. The van der Waals surface area contributed by atoms with Crippen molar-refractivity contribution in [3.8, 4) is 11.5 Å². The van der Waals surface area contributed by atoms with Crippen LogP contribution in [-0.4, -0.2) is 48.1 Å². The molecule has 0 unspecified atom stereocenters. The Kier molecular flexibility index (Phi) is 4.87. The van der Waals surface area contributed by atoms with Crippen LogP contribution in [0.25, 0.3) is 0 Å². The van der Waals surface area contributed by atoms with E-state index < -0.39 is 5.79 Å². The topological polar surface area (TPSA) is 62.4 Å². The monoisotopic (exact) mass is 356 g/mol. The third kappa shape index (κ3) is 3.44. The van der Waals surface area contributed by atoms with E-state index in [9.17, 15) is 0 Å². The van der Waals surface area contributed by atoms with Crippen molar-refractivity contribution in [3.63, 3.8) is 0 Å². The number of nitrogens with one attached hydrogen (secondary N) is 2. The standard InChI is InChI=1S/C20H28N4O2/c1-21-11-12-24(2)14-16-13-22-23-19(16)15-7-9-20(10-8-15)25-17-5-3-4-6-18(17)26-20/h3-6,13,15,21H,7-12,14H2,1-2H3,(H,22,23). The Morgan fingerprint density at radius 1 is 1.23 bits per heavy atom. The number of para-hydroxylation sites is 2. The van der Waals surface area contributed by atoms with Gasteiger partial charge in [-0.25, -0.2) is 0 Å². The maximum Gasteiger partial charge on any atom is 0.251 e. The molecule has 1 aromatic carbocycles. The van der Waals surface area contributed by atoms with Gasteiger partial charge in [0, 0.05) is 49.7 Å². The highest BCUT2D eigenvalue weighted by Gasteiger charge is 2.45. The van der Waals surface area contributed by atoms with Crippen molar-refractivity contribution in [2.45, 2.75) is 43.9 Å². The van der Waals surface area contributed by atoms with Crippen molar-refractivity contribution >= 4 is 0 Å². The molecular weight excluding hydrogens is 328 g/mol. The summed E-state index contributed by atoms with van der Waals surface area (Å²) in [7, 11) is 4.14. The summed E-state index contributed by atoms with van der Waals surface area (Å²) >= 11 is 0. The maximum absolute atomic E-state index is 6.18. The number of fused-ring (bicyclic) bond motifs is 1. The SMILES string of the molecule is CNCCN(C)Cc1cn[nH]c1C1CCC2(CC1)Oc1ccccc1O2. The average molecular weight is 356 g/mol. The number of aromatic amines is 1. The normalized spacial score (nSPS) is 18.7. The summed E-state index contributed by atoms with van der Waals surface area (Å²) < 4.78 is 12.4. The molecular formula is C20H28N4O2. The lowest BCUT2D eigenvalue weighted by Gasteiger charge is -2.35. The van der Waals surface area contributed by atoms with Crippen LogP contribution < -0.4 is 14.8 Å². The van der Waals surface area contributed by atoms with Crippen molar-refractivity contribution in [1.29, 1.82) is 0 Å². The van der Waals surface area contributed by atoms with Crippen molar-refractivity contribution < 1.29 is 9.47 Å². The van der Waals surface area contributed by atoms with E-state index in [2.05, 4.69) is 27.5 Å². The van der Waals surface area contributed by atoms with E-state index in [0.717, 1.165) is 56.8 Å². The first-order valence-electron chi connectivity index (χ1n) is 9.51. The lowest BCUT2D eigenvalue weighted by atomic mass is 9.82. The Bertz CT molecular complexity index is 710. The van der Waals surface area contributed by atoms with E-state index in [1.54, 1.807) is 0 Å². The first-order valence-corrected chi connectivity index (χ1v) is 9.51. The fourth-order valence-corrected chi connectivity index (χ4v) is 4.06. The second kappa shape index (κ2) is 7.29. The van der Waals surface area contributed by atoms with Gasteiger partial charge in [-0.2, -0.15) is 5.10 Å². The molecule has 2 heterocycles. The summed E-state index contributed by atoms with van der Waals surface area (Å²) in [6.45, 7) is 2.94. The molecule has 1 aliphatic carbocycles. The highest BCUT2D eigenvalue weighted by atomic mass is 16.7. The molecule has 1 spiro atoms. The van der Waals surface area contributed by atoms with Crippen LogP contribution in [0.1, 0.15) is 42.9 Å². The van der Waals surface area contributed by atoms with E-state index in [1.807, 2.05) is 37.5 Å². The van der Waals surface area contributed by atoms with Crippen molar-refractivity contribution in [2.24, 2.45) is 0 Å². The van der Waals surface area contributed by atoms with Gasteiger partial charge in [0.15, 0.2) is 11.5 Å². The number of likely N-dealkylation sites (N-methyl/N-ethyl adjacent to an activating group) is 2. The molecule has 1 aromatic heterocycles. The molecule has 1 saturated carbocycles. The minimum Gasteiger partial charge on any atom is -0.448 e. The molecule has 2 N–H and O–H groups in total. The van der Waals surface area contributed by atoms with Crippen LogP contribution in [0, 0.1) is 0 Å². The van der Waals surface area contributed by atoms with Crippen LogP contribution >= 0.6 is 0 Å². The van der Waals surface area contributed by atoms with E-state index in [-0.39, 0.29) is 0 Å². The Morgan fingerprint density at radius 3 is 2.58 bits per heavy atom. The van der Waals surface area contributed by atoms with E-state index in [4.69, 9.17) is 9.47 Å². The molecule has 2 aliphatic rings. The highest BCUT2D eigenvalue weighted by Crippen LogP contribution is 2.48. The molecule has 6 nitrogen and oxygen atoms in total. The van der Waals surface area contributed by atoms with Crippen LogP contribution in [0.4, 0.5) is 0 Å². The zero-order chi connectivity index (χ0) is 18.0. The maximum atomic E-state index is 6.18. The van der Waals surface area contributed by atoms with Gasteiger partial charge >= 0.3 is 0 Å². The van der Waals surface area contributed by atoms with Gasteiger partial charge in [0.05, 0.1) is 6.20 Å². The summed E-state index contributed by atoms with van der Waals surface area (Å²) in [4.78, 5) is 2.33. The molecule has 0 bridgehead atoms. The summed E-state index contributed by atoms with van der Waals surface area (Å²) in [5.74, 6) is 1.77. The number of ether oxygens (including phenoxy) is 2. The highest BCUT2D eigenvalue weighted by molar-refractivity contribution is 5.43. The summed E-state index contributed by atoms with van der Waals surface area (Å²) in [6, 6.07) is 7.97. The molecule has 4 rings (SSSR count). The van der Waals surface area contributed by atoms with Crippen LogP contribution in [0.5, 0.6) is 11.5 Å². The zero-order valence-electron chi connectivity index (χ0n) is 15.6. The van der Waals surface area contributed by atoms with Crippen LogP contribution in [0.3, 0.4) is 0 Å². The van der Waals surface area contributed by atoms with E-state index in [1.165, 1.54) is 11.3 Å². The van der Waals surface area contributed by atoms with E-state index in [0.29, 0.717) is 5.92 Å². The molecule has 0 radical (unpaired) electrons. The second-order valence-electron chi connectivity index (χ2n) is 7.49. The minimum absolute atomic E-state index is 0.468. The largest absolute Gasteiger partial charge is 0.448 e. The predicted octanol–water partition coefficient (Wildman–Crippen LogP) is 2.89. The quantitative estimate of drug-likeness (QED) is 0.833. The Labute approximate surface area is 154 Å². The number of nitrogens with zero attached hydrogens (tertiary/aromatic N) is 2. The van der Waals surface area contributed by atoms with Gasteiger partial charge in [-0.1, -0.05) is 12.1 Å². The Hall–Kier alpha value is -2.05. The van der Waals surface area contributed by atoms with Gasteiger partial charge in [-0.15, -0.1) is 0 Å². The zero-order valence-corrected chi connectivity index (χ0v) is 15.6. The van der Waals surface area contributed by atoms with Gasteiger partial charge in [-0.3, -0.25) is 5.10 Å². The molecule has 6 heteroatoms. The molecule has 0 saturated heterocycles. The number of benzene rings is 1. The number of aromatic nitrogens is 2. The summed E-state index contributed by atoms with van der Waals surface area (Å²) in [6.07, 6.45) is 5.88. The number of H-pyrrole nitrogens is 1. The molecule has 2 aromatic rings. The smallest absolute Gasteiger partial charge is 0.251 e. The van der Waals surface area contributed by atoms with Crippen LogP contribution in [0.15, 0.2) is 30.5 Å². The van der Waals surface area contributed by atoms with Crippen LogP contribution in [-0.2, 0) is 6.54 Å². The average Bonchev–Trinajstić information content (AvgIpc) is 3.25. The van der Waals surface area contributed by atoms with Crippen LogP contribution in [0.2, 0.25) is 0 Å². The number of hydrogen-bond donors (Lipinski definition) is 2. The molecule has 1 aliphatic heterocycles. The van der Waals surface area contributed by atoms with Crippen molar-refractivity contribution in [2.75, 3.05) is 27.2 Å². The molecule has 26 heavy (non-hydrogen) atoms. The second-order valence-corrected chi connectivity index (χ2v) is 7.49.